The lowest BCUT2D eigenvalue weighted by atomic mass is 10.2. The van der Waals surface area contributed by atoms with E-state index in [9.17, 15) is 4.79 Å². The molecule has 0 amide bonds. The van der Waals surface area contributed by atoms with Crippen LogP contribution in [0.3, 0.4) is 0 Å². The molecule has 0 atom stereocenters. The van der Waals surface area contributed by atoms with E-state index in [1.807, 2.05) is 12.1 Å². The van der Waals surface area contributed by atoms with Crippen molar-refractivity contribution in [1.82, 2.24) is 9.97 Å². The first-order valence-corrected chi connectivity index (χ1v) is 6.06. The Hall–Kier alpha value is -1.88. The lowest BCUT2D eigenvalue weighted by Crippen LogP contribution is -2.27. The fraction of sp³-hybridized carbons (Fsp3) is 0.385. The zero-order valence-electron chi connectivity index (χ0n) is 9.89. The summed E-state index contributed by atoms with van der Waals surface area (Å²) < 4.78 is 11.0. The van der Waals surface area contributed by atoms with Gasteiger partial charge in [-0.25, -0.2) is 0 Å². The molecule has 1 N–H and O–H groups in total. The topological polar surface area (TPSA) is 64.2 Å². The van der Waals surface area contributed by atoms with Crippen molar-refractivity contribution in [2.75, 3.05) is 13.2 Å². The molecular formula is C13H14N2O3. The van der Waals surface area contributed by atoms with E-state index >= 15 is 0 Å². The van der Waals surface area contributed by atoms with Crippen molar-refractivity contribution in [1.29, 1.82) is 0 Å². The van der Waals surface area contributed by atoms with Gasteiger partial charge in [-0.1, -0.05) is 12.1 Å². The smallest absolute Gasteiger partial charge is 0.297 e. The molecule has 3 rings (SSSR count). The highest BCUT2D eigenvalue weighted by Gasteiger charge is 2.16. The molecular weight excluding hydrogens is 232 g/mol. The summed E-state index contributed by atoms with van der Waals surface area (Å²) in [7, 11) is 0. The number of rotatable bonds is 2. The molecule has 1 saturated heterocycles. The van der Waals surface area contributed by atoms with Crippen LogP contribution in [0.4, 0.5) is 0 Å². The Balaban J connectivity index is 1.90. The van der Waals surface area contributed by atoms with Gasteiger partial charge < -0.3 is 9.47 Å². The van der Waals surface area contributed by atoms with E-state index in [-0.39, 0.29) is 11.7 Å². The number of aromatic amines is 1. The Morgan fingerprint density at radius 3 is 2.89 bits per heavy atom. The van der Waals surface area contributed by atoms with E-state index in [1.54, 1.807) is 12.1 Å². The molecule has 0 spiro atoms. The van der Waals surface area contributed by atoms with Gasteiger partial charge in [-0.15, -0.1) is 0 Å². The quantitative estimate of drug-likeness (QED) is 0.871. The lowest BCUT2D eigenvalue weighted by molar-refractivity contribution is 0.0218. The third-order valence-electron chi connectivity index (χ3n) is 3.04. The Morgan fingerprint density at radius 1 is 1.28 bits per heavy atom. The minimum absolute atomic E-state index is 0.0723. The predicted molar refractivity (Wildman–Crippen MR) is 66.8 cm³/mol. The average molecular weight is 246 g/mol. The summed E-state index contributed by atoms with van der Waals surface area (Å²) in [4.78, 5) is 18.8. The maximum atomic E-state index is 11.8. The van der Waals surface area contributed by atoms with Gasteiger partial charge in [0.25, 0.3) is 11.6 Å². The molecule has 18 heavy (non-hydrogen) atoms. The van der Waals surface area contributed by atoms with Crippen LogP contribution in [0.15, 0.2) is 29.1 Å². The number of benzene rings is 1. The Morgan fingerprint density at radius 2 is 2.06 bits per heavy atom. The van der Waals surface area contributed by atoms with E-state index in [0.717, 1.165) is 12.8 Å². The molecule has 1 aliphatic heterocycles. The highest BCUT2D eigenvalue weighted by molar-refractivity contribution is 5.77. The van der Waals surface area contributed by atoms with E-state index in [0.29, 0.717) is 30.1 Å². The first-order chi connectivity index (χ1) is 8.83. The summed E-state index contributed by atoms with van der Waals surface area (Å²) in [6, 6.07) is 7.53. The van der Waals surface area contributed by atoms with E-state index in [1.165, 1.54) is 0 Å². The number of aromatic nitrogens is 2. The second-order valence-corrected chi connectivity index (χ2v) is 4.32. The molecule has 2 aromatic rings. The largest absolute Gasteiger partial charge is 0.461 e. The second-order valence-electron chi connectivity index (χ2n) is 4.32. The average Bonchev–Trinajstić information content (AvgIpc) is 2.40. The molecule has 0 saturated carbocycles. The fourth-order valence-corrected chi connectivity index (χ4v) is 2.07. The van der Waals surface area contributed by atoms with Crippen molar-refractivity contribution < 1.29 is 9.47 Å². The number of fused-ring (bicyclic) bond motifs is 1. The standard InChI is InChI=1S/C13H14N2O3/c16-12-10-3-1-2-4-11(10)14-13(15-12)18-9-5-7-17-8-6-9/h1-4,9H,5-8H2,(H,14,15,16). The van der Waals surface area contributed by atoms with Crippen molar-refractivity contribution in [3.05, 3.63) is 34.6 Å². The maximum absolute atomic E-state index is 11.8. The highest BCUT2D eigenvalue weighted by atomic mass is 16.5. The number of hydrogen-bond acceptors (Lipinski definition) is 4. The van der Waals surface area contributed by atoms with Gasteiger partial charge in [0, 0.05) is 12.8 Å². The van der Waals surface area contributed by atoms with Gasteiger partial charge in [0.05, 0.1) is 24.1 Å². The van der Waals surface area contributed by atoms with Gasteiger partial charge in [0.1, 0.15) is 6.10 Å². The number of nitrogens with one attached hydrogen (secondary N) is 1. The van der Waals surface area contributed by atoms with Crippen LogP contribution in [0.2, 0.25) is 0 Å². The monoisotopic (exact) mass is 246 g/mol. The van der Waals surface area contributed by atoms with Gasteiger partial charge in [-0.3, -0.25) is 9.78 Å². The summed E-state index contributed by atoms with van der Waals surface area (Å²) in [5, 5.41) is 0.580. The minimum atomic E-state index is -0.164. The summed E-state index contributed by atoms with van der Waals surface area (Å²) in [6.45, 7) is 1.39. The van der Waals surface area contributed by atoms with Gasteiger partial charge in [-0.05, 0) is 12.1 Å². The molecule has 1 aromatic heterocycles. The molecule has 1 aliphatic rings. The molecule has 94 valence electrons. The van der Waals surface area contributed by atoms with Gasteiger partial charge in [0.15, 0.2) is 0 Å². The van der Waals surface area contributed by atoms with Gasteiger partial charge >= 0.3 is 0 Å². The third kappa shape index (κ3) is 2.22. The number of hydrogen-bond donors (Lipinski definition) is 1. The van der Waals surface area contributed by atoms with E-state index in [2.05, 4.69) is 9.97 Å². The lowest BCUT2D eigenvalue weighted by Gasteiger charge is -2.22. The molecule has 2 heterocycles. The van der Waals surface area contributed by atoms with Crippen LogP contribution in [0, 0.1) is 0 Å². The third-order valence-corrected chi connectivity index (χ3v) is 3.04. The predicted octanol–water partition coefficient (Wildman–Crippen LogP) is 1.48. The Labute approximate surface area is 104 Å². The first kappa shape index (κ1) is 11.2. The van der Waals surface area contributed by atoms with Crippen LogP contribution >= 0.6 is 0 Å². The van der Waals surface area contributed by atoms with Crippen LogP contribution in [-0.2, 0) is 4.74 Å². The summed E-state index contributed by atoms with van der Waals surface area (Å²) >= 11 is 0. The van der Waals surface area contributed by atoms with Crippen molar-refractivity contribution in [2.45, 2.75) is 18.9 Å². The van der Waals surface area contributed by atoms with E-state index in [4.69, 9.17) is 9.47 Å². The van der Waals surface area contributed by atoms with Gasteiger partial charge in [-0.2, -0.15) is 4.98 Å². The van der Waals surface area contributed by atoms with Crippen LogP contribution < -0.4 is 10.3 Å². The molecule has 1 aromatic carbocycles. The van der Waals surface area contributed by atoms with Crippen molar-refractivity contribution in [3.63, 3.8) is 0 Å². The van der Waals surface area contributed by atoms with Crippen LogP contribution in [0.5, 0.6) is 6.01 Å². The van der Waals surface area contributed by atoms with Crippen LogP contribution in [0.25, 0.3) is 10.9 Å². The SMILES string of the molecule is O=c1[nH]c(OC2CCOCC2)nc2ccccc12. The molecule has 5 nitrogen and oxygen atoms in total. The summed E-state index contributed by atoms with van der Waals surface area (Å²) in [6.07, 6.45) is 1.73. The Bertz CT molecular complexity index is 602. The zero-order valence-corrected chi connectivity index (χ0v) is 9.89. The van der Waals surface area contributed by atoms with Gasteiger partial charge in [0.2, 0.25) is 0 Å². The number of ether oxygens (including phenoxy) is 2. The van der Waals surface area contributed by atoms with E-state index < -0.39 is 0 Å². The summed E-state index contributed by atoms with van der Waals surface area (Å²) in [5.74, 6) is 0. The molecule has 0 unspecified atom stereocenters. The highest BCUT2D eigenvalue weighted by Crippen LogP contribution is 2.15. The number of para-hydroxylation sites is 1. The molecule has 5 heteroatoms. The van der Waals surface area contributed by atoms with Crippen molar-refractivity contribution >= 4 is 10.9 Å². The first-order valence-electron chi connectivity index (χ1n) is 6.06. The molecule has 1 fully saturated rings. The van der Waals surface area contributed by atoms with Crippen LogP contribution in [0.1, 0.15) is 12.8 Å². The number of nitrogens with zero attached hydrogens (tertiary/aromatic N) is 1. The fourth-order valence-electron chi connectivity index (χ4n) is 2.07. The van der Waals surface area contributed by atoms with Crippen molar-refractivity contribution in [2.24, 2.45) is 0 Å². The Kier molecular flexibility index (Phi) is 2.98. The van der Waals surface area contributed by atoms with Crippen molar-refractivity contribution in [3.8, 4) is 6.01 Å². The molecule has 0 radical (unpaired) electrons. The number of H-pyrrole nitrogens is 1. The summed E-state index contributed by atoms with van der Waals surface area (Å²) in [5.41, 5.74) is 0.492. The molecule has 0 bridgehead atoms. The maximum Gasteiger partial charge on any atom is 0.297 e. The zero-order chi connectivity index (χ0) is 12.4. The van der Waals surface area contributed by atoms with Crippen LogP contribution in [-0.4, -0.2) is 29.3 Å². The molecule has 0 aliphatic carbocycles. The normalized spacial score (nSPS) is 16.9. The minimum Gasteiger partial charge on any atom is -0.461 e. The second kappa shape index (κ2) is 4.78.